The van der Waals surface area contributed by atoms with Crippen molar-refractivity contribution in [3.05, 3.63) is 65.4 Å². The molecule has 0 bridgehead atoms. The molecule has 0 aliphatic carbocycles. The van der Waals surface area contributed by atoms with Crippen molar-refractivity contribution >= 4 is 33.9 Å². The number of benzene rings is 1. The summed E-state index contributed by atoms with van der Waals surface area (Å²) in [5.41, 5.74) is 1.70. The first-order valence-corrected chi connectivity index (χ1v) is 8.94. The third-order valence-corrected chi connectivity index (χ3v) is 5.51. The van der Waals surface area contributed by atoms with E-state index in [2.05, 4.69) is 49.8 Å². The molecule has 4 aromatic rings. The van der Waals surface area contributed by atoms with Crippen LogP contribution in [0.4, 0.5) is 0 Å². The molecule has 0 unspecified atom stereocenters. The van der Waals surface area contributed by atoms with Gasteiger partial charge in [-0.15, -0.1) is 21.5 Å². The lowest BCUT2D eigenvalue weighted by molar-refractivity contribution is 0.958. The lowest BCUT2D eigenvalue weighted by Crippen LogP contribution is -1.94. The van der Waals surface area contributed by atoms with Crippen LogP contribution in [0.15, 0.2) is 65.5 Å². The van der Waals surface area contributed by atoms with Gasteiger partial charge in [-0.05, 0) is 11.4 Å². The Morgan fingerprint density at radius 2 is 1.74 bits per heavy atom. The quantitative estimate of drug-likeness (QED) is 0.516. The molecule has 0 fully saturated rings. The van der Waals surface area contributed by atoms with E-state index in [0.717, 1.165) is 32.8 Å². The van der Waals surface area contributed by atoms with Crippen LogP contribution in [0.1, 0.15) is 4.88 Å². The molecular formula is C17H12N4S2. The number of rotatable bonds is 4. The molecule has 23 heavy (non-hydrogen) atoms. The van der Waals surface area contributed by atoms with Gasteiger partial charge >= 0.3 is 0 Å². The van der Waals surface area contributed by atoms with Gasteiger partial charge in [-0.1, -0.05) is 42.1 Å². The molecule has 6 heteroatoms. The first-order chi connectivity index (χ1) is 11.4. The van der Waals surface area contributed by atoms with E-state index in [9.17, 15) is 0 Å². The van der Waals surface area contributed by atoms with E-state index >= 15 is 0 Å². The van der Waals surface area contributed by atoms with Crippen molar-refractivity contribution in [2.24, 2.45) is 0 Å². The maximum atomic E-state index is 4.44. The Labute approximate surface area is 141 Å². The highest BCUT2D eigenvalue weighted by atomic mass is 32.2. The molecule has 1 aromatic carbocycles. The average Bonchev–Trinajstić information content (AvgIpc) is 3.14. The summed E-state index contributed by atoms with van der Waals surface area (Å²) in [6.45, 7) is 0. The molecule has 0 spiro atoms. The van der Waals surface area contributed by atoms with Crippen LogP contribution in [0.25, 0.3) is 22.0 Å². The summed E-state index contributed by atoms with van der Waals surface area (Å²) in [4.78, 5) is 9.49. The van der Waals surface area contributed by atoms with Gasteiger partial charge in [0.05, 0.1) is 0 Å². The predicted molar refractivity (Wildman–Crippen MR) is 94.4 cm³/mol. The van der Waals surface area contributed by atoms with Crippen molar-refractivity contribution < 1.29 is 0 Å². The van der Waals surface area contributed by atoms with Gasteiger partial charge < -0.3 is 0 Å². The summed E-state index contributed by atoms with van der Waals surface area (Å²) in [6, 6.07) is 12.4. The van der Waals surface area contributed by atoms with Gasteiger partial charge in [0.25, 0.3) is 0 Å². The van der Waals surface area contributed by atoms with Gasteiger partial charge in [0, 0.05) is 39.4 Å². The largest absolute Gasteiger partial charge is 0.244 e. The molecule has 0 atom stereocenters. The molecule has 0 aliphatic rings. The second-order valence-corrected chi connectivity index (χ2v) is 6.89. The number of nitrogens with zero attached hydrogens (tertiary/aromatic N) is 4. The van der Waals surface area contributed by atoms with Crippen molar-refractivity contribution in [1.82, 2.24) is 20.2 Å². The fraction of sp³-hybridized carbons (Fsp3) is 0.0588. The van der Waals surface area contributed by atoms with Crippen molar-refractivity contribution in [3.63, 3.8) is 0 Å². The Kier molecular flexibility index (Phi) is 4.00. The number of fused-ring (bicyclic) bond motifs is 1. The number of aromatic nitrogens is 4. The fourth-order valence-electron chi connectivity index (χ4n) is 2.35. The SMILES string of the molecule is c1csc(CSc2nnc(-c3cncnc3)c3ccccc23)c1. The zero-order valence-corrected chi connectivity index (χ0v) is 13.7. The van der Waals surface area contributed by atoms with E-state index in [4.69, 9.17) is 0 Å². The van der Waals surface area contributed by atoms with Gasteiger partial charge in [-0.2, -0.15) is 0 Å². The Hall–Kier alpha value is -2.31. The maximum absolute atomic E-state index is 4.44. The Morgan fingerprint density at radius 3 is 2.52 bits per heavy atom. The van der Waals surface area contributed by atoms with E-state index in [0.29, 0.717) is 0 Å². The van der Waals surface area contributed by atoms with Crippen LogP contribution in [0.5, 0.6) is 0 Å². The minimum absolute atomic E-state index is 0.821. The van der Waals surface area contributed by atoms with Gasteiger partial charge in [0.15, 0.2) is 0 Å². The molecule has 4 rings (SSSR count). The monoisotopic (exact) mass is 336 g/mol. The Bertz CT molecular complexity index is 924. The van der Waals surface area contributed by atoms with Crippen molar-refractivity contribution in [3.8, 4) is 11.3 Å². The van der Waals surface area contributed by atoms with Crippen molar-refractivity contribution in [1.29, 1.82) is 0 Å². The molecule has 0 radical (unpaired) electrons. The van der Waals surface area contributed by atoms with Crippen LogP contribution in [-0.2, 0) is 5.75 Å². The van der Waals surface area contributed by atoms with E-state index in [-0.39, 0.29) is 0 Å². The standard InChI is InChI=1S/C17H12N4S2/c1-2-6-15-14(5-1)16(12-8-18-11-19-9-12)20-21-17(15)23-10-13-4-3-7-22-13/h1-9,11H,10H2. The average molecular weight is 336 g/mol. The highest BCUT2D eigenvalue weighted by molar-refractivity contribution is 7.98. The lowest BCUT2D eigenvalue weighted by Gasteiger charge is -2.08. The predicted octanol–water partition coefficient (Wildman–Crippen LogP) is 4.44. The third-order valence-electron chi connectivity index (χ3n) is 3.42. The van der Waals surface area contributed by atoms with Gasteiger partial charge in [-0.3, -0.25) is 0 Å². The van der Waals surface area contributed by atoms with Gasteiger partial charge in [-0.25, -0.2) is 9.97 Å². The van der Waals surface area contributed by atoms with Crippen LogP contribution < -0.4 is 0 Å². The molecule has 3 heterocycles. The normalized spacial score (nSPS) is 11.0. The van der Waals surface area contributed by atoms with E-state index in [1.54, 1.807) is 35.5 Å². The zero-order valence-electron chi connectivity index (χ0n) is 12.1. The zero-order chi connectivity index (χ0) is 15.5. The van der Waals surface area contributed by atoms with Crippen LogP contribution in [0, 0.1) is 0 Å². The van der Waals surface area contributed by atoms with E-state index in [1.165, 1.54) is 11.2 Å². The van der Waals surface area contributed by atoms with Crippen LogP contribution >= 0.6 is 23.1 Å². The summed E-state index contributed by atoms with van der Waals surface area (Å²) in [7, 11) is 0. The molecule has 0 saturated heterocycles. The summed E-state index contributed by atoms with van der Waals surface area (Å²) in [6.07, 6.45) is 5.05. The molecule has 112 valence electrons. The van der Waals surface area contributed by atoms with Gasteiger partial charge in [0.1, 0.15) is 17.0 Å². The van der Waals surface area contributed by atoms with Crippen molar-refractivity contribution in [2.75, 3.05) is 0 Å². The first-order valence-electron chi connectivity index (χ1n) is 7.08. The fourth-order valence-corrected chi connectivity index (χ4v) is 4.10. The van der Waals surface area contributed by atoms with E-state index in [1.807, 2.05) is 12.1 Å². The van der Waals surface area contributed by atoms with Crippen LogP contribution in [0.2, 0.25) is 0 Å². The third kappa shape index (κ3) is 2.95. The molecule has 3 aromatic heterocycles. The molecular weight excluding hydrogens is 324 g/mol. The summed E-state index contributed by atoms with van der Waals surface area (Å²) < 4.78 is 0. The minimum atomic E-state index is 0.821. The van der Waals surface area contributed by atoms with Gasteiger partial charge in [0.2, 0.25) is 0 Å². The second kappa shape index (κ2) is 6.44. The molecule has 4 nitrogen and oxygen atoms in total. The Balaban J connectivity index is 1.76. The maximum Gasteiger partial charge on any atom is 0.127 e. The number of hydrogen-bond donors (Lipinski definition) is 0. The van der Waals surface area contributed by atoms with E-state index < -0.39 is 0 Å². The number of thiophene rings is 1. The molecule has 0 amide bonds. The van der Waals surface area contributed by atoms with Crippen LogP contribution in [-0.4, -0.2) is 20.2 Å². The molecule has 0 saturated carbocycles. The lowest BCUT2D eigenvalue weighted by atomic mass is 10.1. The summed E-state index contributed by atoms with van der Waals surface area (Å²) >= 11 is 3.48. The summed E-state index contributed by atoms with van der Waals surface area (Å²) in [5, 5.41) is 14.1. The highest BCUT2D eigenvalue weighted by Crippen LogP contribution is 2.33. The molecule has 0 N–H and O–H groups in total. The highest BCUT2D eigenvalue weighted by Gasteiger charge is 2.11. The second-order valence-electron chi connectivity index (χ2n) is 4.89. The number of hydrogen-bond acceptors (Lipinski definition) is 6. The number of thioether (sulfide) groups is 1. The first kappa shape index (κ1) is 14.3. The summed E-state index contributed by atoms with van der Waals surface area (Å²) in [5.74, 6) is 0.907. The van der Waals surface area contributed by atoms with Crippen molar-refractivity contribution in [2.45, 2.75) is 10.8 Å². The molecule has 0 aliphatic heterocycles. The topological polar surface area (TPSA) is 51.6 Å². The Morgan fingerprint density at radius 1 is 0.913 bits per heavy atom. The minimum Gasteiger partial charge on any atom is -0.244 e. The van der Waals surface area contributed by atoms with Crippen LogP contribution in [0.3, 0.4) is 0 Å². The smallest absolute Gasteiger partial charge is 0.127 e.